The highest BCUT2D eigenvalue weighted by Gasteiger charge is 2.08. The topological polar surface area (TPSA) is 60.9 Å². The quantitative estimate of drug-likeness (QED) is 0.789. The number of primary amides is 1. The molecular weight excluding hydrogens is 250 g/mol. The first-order valence-corrected chi connectivity index (χ1v) is 6.23. The van der Waals surface area contributed by atoms with E-state index < -0.39 is 5.91 Å². The van der Waals surface area contributed by atoms with Gasteiger partial charge in [0.1, 0.15) is 0 Å². The SMILES string of the molecule is NC(=O)c1cc(-c2ccccc2)cc(-n2ccnc2)c1. The maximum atomic E-state index is 11.5. The monoisotopic (exact) mass is 263 g/mol. The second kappa shape index (κ2) is 5.01. The largest absolute Gasteiger partial charge is 0.366 e. The lowest BCUT2D eigenvalue weighted by atomic mass is 10.0. The molecule has 0 fully saturated rings. The molecule has 0 spiro atoms. The van der Waals surface area contributed by atoms with Gasteiger partial charge in [-0.15, -0.1) is 0 Å². The number of imidazole rings is 1. The fourth-order valence-electron chi connectivity index (χ4n) is 2.11. The van der Waals surface area contributed by atoms with Gasteiger partial charge in [-0.3, -0.25) is 4.79 Å². The van der Waals surface area contributed by atoms with E-state index in [2.05, 4.69) is 4.98 Å². The molecule has 1 amide bonds. The minimum atomic E-state index is -0.441. The van der Waals surface area contributed by atoms with Crippen molar-refractivity contribution in [3.8, 4) is 16.8 Å². The molecule has 0 unspecified atom stereocenters. The van der Waals surface area contributed by atoms with Gasteiger partial charge in [-0.25, -0.2) is 4.98 Å². The predicted octanol–water partition coefficient (Wildman–Crippen LogP) is 2.64. The first-order valence-electron chi connectivity index (χ1n) is 6.23. The average molecular weight is 263 g/mol. The molecule has 3 rings (SSSR count). The Kier molecular flexibility index (Phi) is 3.05. The molecule has 1 aromatic heterocycles. The number of benzene rings is 2. The zero-order valence-electron chi connectivity index (χ0n) is 10.7. The second-order valence-electron chi connectivity index (χ2n) is 4.47. The summed E-state index contributed by atoms with van der Waals surface area (Å²) in [7, 11) is 0. The summed E-state index contributed by atoms with van der Waals surface area (Å²) in [4.78, 5) is 15.5. The van der Waals surface area contributed by atoms with Gasteiger partial charge in [0.15, 0.2) is 0 Å². The van der Waals surface area contributed by atoms with Crippen molar-refractivity contribution in [2.24, 2.45) is 5.73 Å². The Balaban J connectivity index is 2.18. The third-order valence-corrected chi connectivity index (χ3v) is 3.11. The van der Waals surface area contributed by atoms with Crippen molar-refractivity contribution in [1.82, 2.24) is 9.55 Å². The summed E-state index contributed by atoms with van der Waals surface area (Å²) in [5, 5.41) is 0. The highest BCUT2D eigenvalue weighted by molar-refractivity contribution is 5.95. The van der Waals surface area contributed by atoms with Crippen LogP contribution < -0.4 is 5.73 Å². The van der Waals surface area contributed by atoms with Crippen LogP contribution in [0.15, 0.2) is 67.3 Å². The molecule has 20 heavy (non-hydrogen) atoms. The molecule has 0 aliphatic heterocycles. The van der Waals surface area contributed by atoms with Crippen molar-refractivity contribution < 1.29 is 4.79 Å². The molecule has 0 aliphatic rings. The summed E-state index contributed by atoms with van der Waals surface area (Å²) >= 11 is 0. The number of rotatable bonds is 3. The minimum absolute atomic E-state index is 0.441. The summed E-state index contributed by atoms with van der Waals surface area (Å²) in [5.41, 5.74) is 8.75. The molecule has 3 aromatic rings. The van der Waals surface area contributed by atoms with Gasteiger partial charge in [0.2, 0.25) is 5.91 Å². The fourth-order valence-corrected chi connectivity index (χ4v) is 2.11. The number of aromatic nitrogens is 2. The van der Waals surface area contributed by atoms with E-state index in [0.717, 1.165) is 16.8 Å². The Morgan fingerprint density at radius 1 is 1.05 bits per heavy atom. The van der Waals surface area contributed by atoms with Crippen LogP contribution in [0.5, 0.6) is 0 Å². The van der Waals surface area contributed by atoms with E-state index in [0.29, 0.717) is 5.56 Å². The smallest absolute Gasteiger partial charge is 0.248 e. The van der Waals surface area contributed by atoms with Crippen LogP contribution in [0.3, 0.4) is 0 Å². The number of carbonyl (C=O) groups is 1. The average Bonchev–Trinajstić information content (AvgIpc) is 3.02. The van der Waals surface area contributed by atoms with Gasteiger partial charge in [-0.05, 0) is 29.3 Å². The van der Waals surface area contributed by atoms with Crippen LogP contribution in [0.2, 0.25) is 0 Å². The molecule has 0 saturated heterocycles. The van der Waals surface area contributed by atoms with E-state index in [9.17, 15) is 4.79 Å². The highest BCUT2D eigenvalue weighted by Crippen LogP contribution is 2.24. The van der Waals surface area contributed by atoms with E-state index >= 15 is 0 Å². The van der Waals surface area contributed by atoms with E-state index in [4.69, 9.17) is 5.73 Å². The summed E-state index contributed by atoms with van der Waals surface area (Å²) in [5.74, 6) is -0.441. The molecular formula is C16H13N3O. The Morgan fingerprint density at radius 2 is 1.85 bits per heavy atom. The number of nitrogens with two attached hydrogens (primary N) is 1. The highest BCUT2D eigenvalue weighted by atomic mass is 16.1. The normalized spacial score (nSPS) is 10.4. The standard InChI is InChI=1S/C16H13N3O/c17-16(20)14-8-13(12-4-2-1-3-5-12)9-15(10-14)19-7-6-18-11-19/h1-11H,(H2,17,20). The van der Waals surface area contributed by atoms with Gasteiger partial charge in [0.05, 0.1) is 6.33 Å². The van der Waals surface area contributed by atoms with Crippen molar-refractivity contribution in [3.63, 3.8) is 0 Å². The Hall–Kier alpha value is -2.88. The van der Waals surface area contributed by atoms with E-state index in [1.165, 1.54) is 0 Å². The van der Waals surface area contributed by atoms with Gasteiger partial charge < -0.3 is 10.3 Å². The van der Waals surface area contributed by atoms with Crippen molar-refractivity contribution in [3.05, 3.63) is 72.8 Å². The number of hydrogen-bond acceptors (Lipinski definition) is 2. The fraction of sp³-hybridized carbons (Fsp3) is 0. The lowest BCUT2D eigenvalue weighted by molar-refractivity contribution is 0.100. The van der Waals surface area contributed by atoms with Crippen molar-refractivity contribution in [2.75, 3.05) is 0 Å². The van der Waals surface area contributed by atoms with Gasteiger partial charge in [-0.1, -0.05) is 30.3 Å². The lowest BCUT2D eigenvalue weighted by Gasteiger charge is -2.09. The maximum absolute atomic E-state index is 11.5. The van der Waals surface area contributed by atoms with Crippen LogP contribution in [0, 0.1) is 0 Å². The molecule has 2 aromatic carbocycles. The molecule has 0 saturated carbocycles. The van der Waals surface area contributed by atoms with Crippen LogP contribution in [-0.4, -0.2) is 15.5 Å². The maximum Gasteiger partial charge on any atom is 0.248 e. The molecule has 0 aliphatic carbocycles. The molecule has 4 nitrogen and oxygen atoms in total. The molecule has 98 valence electrons. The van der Waals surface area contributed by atoms with Crippen LogP contribution in [0.1, 0.15) is 10.4 Å². The zero-order chi connectivity index (χ0) is 13.9. The minimum Gasteiger partial charge on any atom is -0.366 e. The summed E-state index contributed by atoms with van der Waals surface area (Å²) in [6.07, 6.45) is 5.21. The first-order chi connectivity index (χ1) is 9.74. The van der Waals surface area contributed by atoms with Crippen LogP contribution in [0.4, 0.5) is 0 Å². The van der Waals surface area contributed by atoms with Crippen LogP contribution in [-0.2, 0) is 0 Å². The van der Waals surface area contributed by atoms with Crippen molar-refractivity contribution >= 4 is 5.91 Å². The van der Waals surface area contributed by atoms with Gasteiger partial charge in [-0.2, -0.15) is 0 Å². The molecule has 0 bridgehead atoms. The van der Waals surface area contributed by atoms with Crippen LogP contribution >= 0.6 is 0 Å². The van der Waals surface area contributed by atoms with E-state index in [-0.39, 0.29) is 0 Å². The zero-order valence-corrected chi connectivity index (χ0v) is 10.7. The van der Waals surface area contributed by atoms with E-state index in [1.54, 1.807) is 24.7 Å². The first kappa shape index (κ1) is 12.2. The third-order valence-electron chi connectivity index (χ3n) is 3.11. The van der Waals surface area contributed by atoms with Gasteiger partial charge in [0, 0.05) is 23.6 Å². The number of nitrogens with zero attached hydrogens (tertiary/aromatic N) is 2. The number of hydrogen-bond donors (Lipinski definition) is 1. The molecule has 0 atom stereocenters. The summed E-state index contributed by atoms with van der Waals surface area (Å²) < 4.78 is 1.85. The predicted molar refractivity (Wildman–Crippen MR) is 77.5 cm³/mol. The molecule has 0 radical (unpaired) electrons. The third kappa shape index (κ3) is 2.31. The number of carbonyl (C=O) groups excluding carboxylic acids is 1. The van der Waals surface area contributed by atoms with Gasteiger partial charge >= 0.3 is 0 Å². The Labute approximate surface area is 116 Å². The van der Waals surface area contributed by atoms with Gasteiger partial charge in [0.25, 0.3) is 0 Å². The Bertz CT molecular complexity index is 734. The lowest BCUT2D eigenvalue weighted by Crippen LogP contribution is -2.11. The Morgan fingerprint density at radius 3 is 2.50 bits per heavy atom. The molecule has 1 heterocycles. The molecule has 2 N–H and O–H groups in total. The van der Waals surface area contributed by atoms with Crippen molar-refractivity contribution in [2.45, 2.75) is 0 Å². The van der Waals surface area contributed by atoms with E-state index in [1.807, 2.05) is 47.2 Å². The van der Waals surface area contributed by atoms with Crippen molar-refractivity contribution in [1.29, 1.82) is 0 Å². The summed E-state index contributed by atoms with van der Waals surface area (Å²) in [6, 6.07) is 15.4. The molecule has 4 heteroatoms. The second-order valence-corrected chi connectivity index (χ2v) is 4.47. The van der Waals surface area contributed by atoms with Crippen LogP contribution in [0.25, 0.3) is 16.8 Å². The number of amides is 1. The summed E-state index contributed by atoms with van der Waals surface area (Å²) in [6.45, 7) is 0.